The van der Waals surface area contributed by atoms with Gasteiger partial charge in [-0.2, -0.15) is 0 Å². The Balaban J connectivity index is 1.78. The number of nitrogens with zero attached hydrogens (tertiary/aromatic N) is 2. The second-order valence-corrected chi connectivity index (χ2v) is 11.0. The predicted octanol–water partition coefficient (Wildman–Crippen LogP) is 3.56. The van der Waals surface area contributed by atoms with E-state index in [0.717, 1.165) is 46.6 Å². The van der Waals surface area contributed by atoms with E-state index in [4.69, 9.17) is 22.1 Å². The van der Waals surface area contributed by atoms with E-state index >= 15 is 0 Å². The van der Waals surface area contributed by atoms with Gasteiger partial charge >= 0.3 is 0 Å². The second-order valence-electron chi connectivity index (χ2n) is 8.30. The number of sulfone groups is 1. The summed E-state index contributed by atoms with van der Waals surface area (Å²) in [4.78, 5) is 7.77. The van der Waals surface area contributed by atoms with Crippen LogP contribution in [0.1, 0.15) is 31.7 Å². The van der Waals surface area contributed by atoms with Gasteiger partial charge in [-0.05, 0) is 48.6 Å². The number of nitrogens with two attached hydrogens (primary N) is 1. The number of benzene rings is 1. The highest BCUT2D eigenvalue weighted by molar-refractivity contribution is 7.95. The van der Waals surface area contributed by atoms with E-state index in [1.54, 1.807) is 37.7 Å². The van der Waals surface area contributed by atoms with Gasteiger partial charge in [0.2, 0.25) is 0 Å². The predicted molar refractivity (Wildman–Crippen MR) is 143 cm³/mol. The summed E-state index contributed by atoms with van der Waals surface area (Å²) >= 11 is 6.26. The summed E-state index contributed by atoms with van der Waals surface area (Å²) in [6, 6.07) is 3.90. The fourth-order valence-corrected chi connectivity index (χ4v) is 5.34. The maximum absolute atomic E-state index is 12.5. The van der Waals surface area contributed by atoms with Gasteiger partial charge < -0.3 is 20.0 Å². The molecule has 2 aromatic heterocycles. The van der Waals surface area contributed by atoms with E-state index in [1.807, 2.05) is 22.9 Å². The van der Waals surface area contributed by atoms with Gasteiger partial charge in [0, 0.05) is 41.1 Å². The molecule has 0 unspecified atom stereocenters. The minimum Gasteiger partial charge on any atom is -0.491 e. The molecule has 0 saturated carbocycles. The molecule has 0 bridgehead atoms. The van der Waals surface area contributed by atoms with Crippen LogP contribution in [-0.4, -0.2) is 35.3 Å². The Hall–Kier alpha value is -3.23. The topological polar surface area (TPSA) is 103 Å². The first-order chi connectivity index (χ1) is 16.8. The van der Waals surface area contributed by atoms with Crippen LogP contribution in [0.2, 0.25) is 0 Å². The zero-order valence-electron chi connectivity index (χ0n) is 19.6. The lowest BCUT2D eigenvalue weighted by molar-refractivity contribution is 0.304. The average Bonchev–Trinajstić information content (AvgIpc) is 3.50. The molecule has 0 amide bonds. The van der Waals surface area contributed by atoms with Crippen LogP contribution in [0.4, 0.5) is 0 Å². The van der Waals surface area contributed by atoms with Crippen molar-refractivity contribution in [2.24, 2.45) is 5.73 Å². The number of H-pyrrole nitrogens is 1. The number of hydrogen-bond donors (Lipinski definition) is 2. The van der Waals surface area contributed by atoms with E-state index in [1.165, 1.54) is 6.20 Å². The van der Waals surface area contributed by atoms with Crippen molar-refractivity contribution in [2.75, 3.05) is 12.4 Å². The molecule has 4 rings (SSSR count). The molecule has 1 aliphatic carbocycles. The summed E-state index contributed by atoms with van der Waals surface area (Å²) < 4.78 is 33.2. The number of aryl methyl sites for hydroxylation is 1. The monoisotopic (exact) mass is 512 g/mol. The summed E-state index contributed by atoms with van der Waals surface area (Å²) in [6.07, 6.45) is 14.3. The molecule has 0 aliphatic heterocycles. The highest BCUT2D eigenvalue weighted by atomic mass is 35.5. The van der Waals surface area contributed by atoms with Gasteiger partial charge in [-0.1, -0.05) is 37.2 Å². The van der Waals surface area contributed by atoms with Crippen molar-refractivity contribution in [3.8, 4) is 5.75 Å². The third-order valence-electron chi connectivity index (χ3n) is 6.02. The van der Waals surface area contributed by atoms with Gasteiger partial charge in [0.15, 0.2) is 9.84 Å². The van der Waals surface area contributed by atoms with Crippen LogP contribution in [0.25, 0.3) is 29.1 Å². The van der Waals surface area contributed by atoms with Crippen molar-refractivity contribution in [2.45, 2.75) is 32.7 Å². The molecular formula is C26H29ClN4O3S. The maximum atomic E-state index is 12.5. The fraction of sp³-hybridized carbons (Fsp3) is 0.269. The van der Waals surface area contributed by atoms with Crippen LogP contribution in [0.15, 0.2) is 59.1 Å². The lowest BCUT2D eigenvalue weighted by Crippen LogP contribution is -2.21. The zero-order chi connectivity index (χ0) is 25.0. The fourth-order valence-electron chi connectivity index (χ4n) is 4.21. The SMILES string of the molecule is C=c1[nH]c2c(OCCCn3ccnc3)ccc(C3=CC(S(=O)(=O)CC)=CCC3)c2/c1=C/C(Cl)=C\N. The van der Waals surface area contributed by atoms with Crippen LogP contribution < -0.4 is 21.0 Å². The number of rotatable bonds is 9. The van der Waals surface area contributed by atoms with Crippen LogP contribution in [0, 0.1) is 0 Å². The molecule has 0 fully saturated rings. The minimum atomic E-state index is -3.31. The Labute approximate surface area is 209 Å². The van der Waals surface area contributed by atoms with E-state index in [0.29, 0.717) is 34.1 Å². The van der Waals surface area contributed by atoms with E-state index in [-0.39, 0.29) is 5.75 Å². The third-order valence-corrected chi connectivity index (χ3v) is 8.02. The number of hydrogen-bond acceptors (Lipinski definition) is 5. The molecule has 0 spiro atoms. The number of fused-ring (bicyclic) bond motifs is 1. The number of imidazole rings is 1. The van der Waals surface area contributed by atoms with Crippen LogP contribution >= 0.6 is 11.6 Å². The standard InChI is InChI=1S/C26H29ClN4O3S/c1-3-35(32,33)21-7-4-6-19(14-21)22-8-9-24(34-13-5-11-31-12-10-29-17-31)26-25(22)23(18(2)30-26)15-20(27)16-28/h7-10,12,14-17,30H,2-6,11,13,28H2,1H3/b20-16+,23-15+. The Morgan fingerprint density at radius 3 is 2.94 bits per heavy atom. The Morgan fingerprint density at radius 2 is 2.23 bits per heavy atom. The number of aromatic amines is 1. The first kappa shape index (κ1) is 24.9. The summed E-state index contributed by atoms with van der Waals surface area (Å²) in [5.74, 6) is 0.757. The van der Waals surface area contributed by atoms with Crippen molar-refractivity contribution in [3.63, 3.8) is 0 Å². The number of halogens is 1. The van der Waals surface area contributed by atoms with E-state index in [2.05, 4.69) is 16.5 Å². The quantitative estimate of drug-likeness (QED) is 0.427. The Kier molecular flexibility index (Phi) is 7.52. The smallest absolute Gasteiger partial charge is 0.177 e. The van der Waals surface area contributed by atoms with Gasteiger partial charge in [-0.25, -0.2) is 13.4 Å². The lowest BCUT2D eigenvalue weighted by atomic mass is 9.93. The lowest BCUT2D eigenvalue weighted by Gasteiger charge is -2.16. The molecule has 0 saturated heterocycles. The third kappa shape index (κ3) is 5.39. The first-order valence-electron chi connectivity index (χ1n) is 11.5. The number of ether oxygens (including phenoxy) is 1. The van der Waals surface area contributed by atoms with Crippen molar-refractivity contribution in [3.05, 3.63) is 75.3 Å². The van der Waals surface area contributed by atoms with Crippen LogP contribution in [0.5, 0.6) is 5.75 Å². The minimum absolute atomic E-state index is 0.0625. The normalized spacial score (nSPS) is 15.4. The van der Waals surface area contributed by atoms with Crippen molar-refractivity contribution in [1.82, 2.24) is 14.5 Å². The number of nitrogens with one attached hydrogen (secondary N) is 1. The van der Waals surface area contributed by atoms with Gasteiger partial charge in [0.05, 0.1) is 34.1 Å². The molecule has 1 aromatic carbocycles. The van der Waals surface area contributed by atoms with Crippen LogP contribution in [-0.2, 0) is 16.4 Å². The zero-order valence-corrected chi connectivity index (χ0v) is 21.2. The molecule has 1 aliphatic rings. The molecule has 0 radical (unpaired) electrons. The largest absolute Gasteiger partial charge is 0.491 e. The molecule has 7 nitrogen and oxygen atoms in total. The Morgan fingerprint density at radius 1 is 1.40 bits per heavy atom. The summed E-state index contributed by atoms with van der Waals surface area (Å²) in [6.45, 7) is 7.14. The van der Waals surface area contributed by atoms with Gasteiger partial charge in [0.25, 0.3) is 0 Å². The average molecular weight is 513 g/mol. The first-order valence-corrected chi connectivity index (χ1v) is 13.5. The van der Waals surface area contributed by atoms with Crippen molar-refractivity contribution >= 4 is 50.6 Å². The van der Waals surface area contributed by atoms with Gasteiger partial charge in [-0.3, -0.25) is 0 Å². The van der Waals surface area contributed by atoms with E-state index in [9.17, 15) is 8.42 Å². The molecule has 0 atom stereocenters. The molecule has 3 N–H and O–H groups in total. The van der Waals surface area contributed by atoms with Gasteiger partial charge in [-0.15, -0.1) is 0 Å². The maximum Gasteiger partial charge on any atom is 0.177 e. The van der Waals surface area contributed by atoms with E-state index < -0.39 is 9.84 Å². The highest BCUT2D eigenvalue weighted by Gasteiger charge is 2.20. The highest BCUT2D eigenvalue weighted by Crippen LogP contribution is 2.34. The van der Waals surface area contributed by atoms with Crippen molar-refractivity contribution in [1.29, 1.82) is 0 Å². The second kappa shape index (κ2) is 10.6. The summed E-state index contributed by atoms with van der Waals surface area (Å²) in [7, 11) is -3.31. The van der Waals surface area contributed by atoms with Crippen molar-refractivity contribution < 1.29 is 13.2 Å². The molecule has 3 aromatic rings. The number of aromatic nitrogens is 3. The molecule has 35 heavy (non-hydrogen) atoms. The molecule has 184 valence electrons. The van der Waals surface area contributed by atoms with Crippen LogP contribution in [0.3, 0.4) is 0 Å². The molecular weight excluding hydrogens is 484 g/mol. The molecule has 9 heteroatoms. The Bertz CT molecular complexity index is 1530. The summed E-state index contributed by atoms with van der Waals surface area (Å²) in [5.41, 5.74) is 8.27. The van der Waals surface area contributed by atoms with Gasteiger partial charge in [0.1, 0.15) is 5.75 Å². The molecule has 2 heterocycles. The summed E-state index contributed by atoms with van der Waals surface area (Å²) in [5, 5.41) is 2.72. The number of allylic oxidation sites excluding steroid dienone is 4.